The van der Waals surface area contributed by atoms with E-state index < -0.39 is 5.54 Å². The van der Waals surface area contributed by atoms with Gasteiger partial charge < -0.3 is 14.8 Å². The molecule has 0 fully saturated rings. The first-order chi connectivity index (χ1) is 8.99. The van der Waals surface area contributed by atoms with Crippen LogP contribution in [-0.2, 0) is 0 Å². The number of nitrogens with one attached hydrogen (secondary N) is 1. The molecule has 1 aromatic carbocycles. The van der Waals surface area contributed by atoms with Crippen LogP contribution in [-0.4, -0.2) is 37.4 Å². The van der Waals surface area contributed by atoms with Gasteiger partial charge in [-0.25, -0.2) is 0 Å². The minimum Gasteiger partial charge on any atom is -0.497 e. The third-order valence-electron chi connectivity index (χ3n) is 2.66. The van der Waals surface area contributed by atoms with Crippen LogP contribution in [0, 0.1) is 0 Å². The predicted octanol–water partition coefficient (Wildman–Crippen LogP) is 2.67. The largest absolute Gasteiger partial charge is 0.497 e. The first-order valence-corrected chi connectivity index (χ1v) is 6.73. The summed E-state index contributed by atoms with van der Waals surface area (Å²) in [6.45, 7) is 1.78. The van der Waals surface area contributed by atoms with Crippen molar-refractivity contribution in [1.29, 1.82) is 0 Å². The molecular formula is C13H17Cl2NO3. The monoisotopic (exact) mass is 305 g/mol. The van der Waals surface area contributed by atoms with Crippen LogP contribution in [0.1, 0.15) is 17.3 Å². The number of carbonyl (C=O) groups excluding carboxylic acids is 1. The van der Waals surface area contributed by atoms with E-state index in [0.717, 1.165) is 0 Å². The first kappa shape index (κ1) is 15.9. The number of benzene rings is 1. The standard InChI is InChI=1S/C13H17Cl2NO3/c1-13(7-14,8-15)16-12(17)10-6-9(18-2)4-5-11(10)19-3/h4-6H,7-8H2,1-3H3,(H,16,17). The molecule has 0 aliphatic heterocycles. The molecule has 1 amide bonds. The summed E-state index contributed by atoms with van der Waals surface area (Å²) in [4.78, 5) is 12.3. The molecule has 4 nitrogen and oxygen atoms in total. The lowest BCUT2D eigenvalue weighted by Crippen LogP contribution is -2.49. The summed E-state index contributed by atoms with van der Waals surface area (Å²) in [7, 11) is 3.03. The number of halogens is 2. The van der Waals surface area contributed by atoms with E-state index in [9.17, 15) is 4.79 Å². The first-order valence-electron chi connectivity index (χ1n) is 5.66. The van der Waals surface area contributed by atoms with Crippen molar-refractivity contribution >= 4 is 29.1 Å². The Labute approximate surface area is 123 Å². The van der Waals surface area contributed by atoms with Gasteiger partial charge in [0, 0.05) is 11.8 Å². The highest BCUT2D eigenvalue weighted by Crippen LogP contribution is 2.24. The second-order valence-electron chi connectivity index (χ2n) is 4.35. The molecule has 6 heteroatoms. The maximum absolute atomic E-state index is 12.3. The maximum atomic E-state index is 12.3. The van der Waals surface area contributed by atoms with E-state index in [4.69, 9.17) is 32.7 Å². The minimum absolute atomic E-state index is 0.217. The summed E-state index contributed by atoms with van der Waals surface area (Å²) < 4.78 is 10.3. The van der Waals surface area contributed by atoms with E-state index in [2.05, 4.69) is 5.32 Å². The molecule has 0 heterocycles. The summed E-state index contributed by atoms with van der Waals surface area (Å²) in [6, 6.07) is 5.00. The zero-order valence-electron chi connectivity index (χ0n) is 11.1. The lowest BCUT2D eigenvalue weighted by molar-refractivity contribution is 0.0918. The van der Waals surface area contributed by atoms with Crippen LogP contribution in [0.2, 0.25) is 0 Å². The van der Waals surface area contributed by atoms with E-state index in [1.165, 1.54) is 14.2 Å². The molecule has 1 rings (SSSR count). The quantitative estimate of drug-likeness (QED) is 0.822. The highest BCUT2D eigenvalue weighted by atomic mass is 35.5. The summed E-state index contributed by atoms with van der Waals surface area (Å²) in [5.41, 5.74) is -0.294. The normalized spacial score (nSPS) is 11.0. The van der Waals surface area contributed by atoms with Gasteiger partial charge in [-0.3, -0.25) is 4.79 Å². The number of methoxy groups -OCH3 is 2. The van der Waals surface area contributed by atoms with Crippen LogP contribution >= 0.6 is 23.2 Å². The second kappa shape index (κ2) is 6.87. The smallest absolute Gasteiger partial charge is 0.255 e. The zero-order chi connectivity index (χ0) is 14.5. The molecule has 0 aromatic heterocycles. The van der Waals surface area contributed by atoms with Crippen molar-refractivity contribution in [3.8, 4) is 11.5 Å². The van der Waals surface area contributed by atoms with Crippen molar-refractivity contribution in [2.24, 2.45) is 0 Å². The highest BCUT2D eigenvalue weighted by molar-refractivity contribution is 6.22. The van der Waals surface area contributed by atoms with Gasteiger partial charge in [-0.2, -0.15) is 0 Å². The Morgan fingerprint density at radius 2 is 1.89 bits per heavy atom. The molecule has 1 N–H and O–H groups in total. The molecule has 0 radical (unpaired) electrons. The Kier molecular flexibility index (Phi) is 5.76. The van der Waals surface area contributed by atoms with E-state index in [-0.39, 0.29) is 17.7 Å². The molecule has 19 heavy (non-hydrogen) atoms. The molecule has 0 saturated heterocycles. The Morgan fingerprint density at radius 3 is 2.37 bits per heavy atom. The van der Waals surface area contributed by atoms with Crippen molar-refractivity contribution in [2.75, 3.05) is 26.0 Å². The molecule has 0 spiro atoms. The summed E-state index contributed by atoms with van der Waals surface area (Å²) in [5, 5.41) is 2.80. The number of ether oxygens (including phenoxy) is 2. The molecule has 1 aromatic rings. The fourth-order valence-electron chi connectivity index (χ4n) is 1.44. The third-order valence-corrected chi connectivity index (χ3v) is 3.84. The van der Waals surface area contributed by atoms with Crippen LogP contribution in [0.3, 0.4) is 0 Å². The van der Waals surface area contributed by atoms with E-state index >= 15 is 0 Å². The molecule has 0 saturated carbocycles. The Balaban J connectivity index is 3.04. The number of rotatable bonds is 6. The molecule has 0 unspecified atom stereocenters. The van der Waals surface area contributed by atoms with E-state index in [1.807, 2.05) is 0 Å². The van der Waals surface area contributed by atoms with E-state index in [1.54, 1.807) is 25.1 Å². The average Bonchev–Trinajstić information content (AvgIpc) is 2.46. The van der Waals surface area contributed by atoms with Gasteiger partial charge in [0.15, 0.2) is 0 Å². The Hall–Kier alpha value is -1.13. The van der Waals surface area contributed by atoms with Crippen molar-refractivity contribution in [3.63, 3.8) is 0 Å². The number of alkyl halides is 2. The van der Waals surface area contributed by atoms with Crippen molar-refractivity contribution in [1.82, 2.24) is 5.32 Å². The lowest BCUT2D eigenvalue weighted by Gasteiger charge is -2.26. The van der Waals surface area contributed by atoms with Gasteiger partial charge in [-0.05, 0) is 25.1 Å². The molecule has 106 valence electrons. The van der Waals surface area contributed by atoms with Crippen molar-refractivity contribution in [3.05, 3.63) is 23.8 Å². The molecular weight excluding hydrogens is 289 g/mol. The Morgan fingerprint density at radius 1 is 1.26 bits per heavy atom. The fraction of sp³-hybridized carbons (Fsp3) is 0.462. The van der Waals surface area contributed by atoms with Gasteiger partial charge in [0.1, 0.15) is 11.5 Å². The predicted molar refractivity (Wildman–Crippen MR) is 76.9 cm³/mol. The topological polar surface area (TPSA) is 47.6 Å². The molecule has 0 aliphatic rings. The van der Waals surface area contributed by atoms with Gasteiger partial charge in [0.2, 0.25) is 0 Å². The number of hydrogen-bond acceptors (Lipinski definition) is 3. The minimum atomic E-state index is -0.672. The van der Waals surface area contributed by atoms with Gasteiger partial charge in [0.05, 0.1) is 25.3 Å². The Bertz CT molecular complexity index is 448. The van der Waals surface area contributed by atoms with Crippen LogP contribution in [0.4, 0.5) is 0 Å². The zero-order valence-corrected chi connectivity index (χ0v) is 12.6. The second-order valence-corrected chi connectivity index (χ2v) is 4.88. The number of carbonyl (C=O) groups is 1. The van der Waals surface area contributed by atoms with Crippen LogP contribution < -0.4 is 14.8 Å². The molecule has 0 atom stereocenters. The van der Waals surface area contributed by atoms with Gasteiger partial charge in [-0.1, -0.05) is 0 Å². The maximum Gasteiger partial charge on any atom is 0.255 e. The molecule has 0 bridgehead atoms. The fourth-order valence-corrected chi connectivity index (χ4v) is 1.85. The van der Waals surface area contributed by atoms with Crippen LogP contribution in [0.25, 0.3) is 0 Å². The number of amides is 1. The summed E-state index contributed by atoms with van der Waals surface area (Å²) >= 11 is 11.6. The SMILES string of the molecule is COc1ccc(OC)c(C(=O)NC(C)(CCl)CCl)c1. The lowest BCUT2D eigenvalue weighted by atomic mass is 10.1. The van der Waals surface area contributed by atoms with E-state index in [0.29, 0.717) is 17.1 Å². The van der Waals surface area contributed by atoms with Crippen LogP contribution in [0.15, 0.2) is 18.2 Å². The third kappa shape index (κ3) is 3.91. The van der Waals surface area contributed by atoms with Crippen molar-refractivity contribution < 1.29 is 14.3 Å². The highest BCUT2D eigenvalue weighted by Gasteiger charge is 2.26. The van der Waals surface area contributed by atoms with Crippen molar-refractivity contribution in [2.45, 2.75) is 12.5 Å². The molecule has 0 aliphatic carbocycles. The van der Waals surface area contributed by atoms with Crippen LogP contribution in [0.5, 0.6) is 11.5 Å². The average molecular weight is 306 g/mol. The summed E-state index contributed by atoms with van der Waals surface area (Å²) in [6.07, 6.45) is 0. The summed E-state index contributed by atoms with van der Waals surface area (Å²) in [5.74, 6) is 1.16. The van der Waals surface area contributed by atoms with Gasteiger partial charge in [-0.15, -0.1) is 23.2 Å². The van der Waals surface area contributed by atoms with Gasteiger partial charge in [0.25, 0.3) is 5.91 Å². The van der Waals surface area contributed by atoms with Gasteiger partial charge >= 0.3 is 0 Å². The number of hydrogen-bond donors (Lipinski definition) is 1.